The summed E-state index contributed by atoms with van der Waals surface area (Å²) in [5.41, 5.74) is 1.07. The lowest BCUT2D eigenvalue weighted by atomic mass is 10.1. The Morgan fingerprint density at radius 2 is 2.31 bits per heavy atom. The minimum absolute atomic E-state index is 0.145. The first kappa shape index (κ1) is 11.6. The highest BCUT2D eigenvalue weighted by Gasteiger charge is 2.25. The molecule has 1 aromatic carbocycles. The molecule has 3 heteroatoms. The number of nitrogens with zero attached hydrogens (tertiary/aromatic N) is 1. The molecular weight excluding hydrogens is 203 g/mol. The summed E-state index contributed by atoms with van der Waals surface area (Å²) in [6.07, 6.45) is 1.18. The van der Waals surface area contributed by atoms with Gasteiger partial charge in [-0.05, 0) is 38.1 Å². The Labute approximate surface area is 96.5 Å². The van der Waals surface area contributed by atoms with Gasteiger partial charge in [0.05, 0.1) is 0 Å². The highest BCUT2D eigenvalue weighted by atomic mass is 19.1. The number of likely N-dealkylation sites (tertiary alicyclic amines) is 1. The first-order chi connectivity index (χ1) is 7.70. The van der Waals surface area contributed by atoms with Crippen molar-refractivity contribution in [1.29, 1.82) is 0 Å². The van der Waals surface area contributed by atoms with Gasteiger partial charge in [0.25, 0.3) is 0 Å². The Hall–Kier alpha value is -0.930. The van der Waals surface area contributed by atoms with Gasteiger partial charge in [-0.15, -0.1) is 0 Å². The third kappa shape index (κ3) is 2.42. The minimum atomic E-state index is -0.145. The molecule has 1 aromatic rings. The van der Waals surface area contributed by atoms with Crippen molar-refractivity contribution in [1.82, 2.24) is 10.2 Å². The molecule has 0 amide bonds. The van der Waals surface area contributed by atoms with Crippen molar-refractivity contribution in [2.75, 3.05) is 20.1 Å². The van der Waals surface area contributed by atoms with Crippen LogP contribution in [0, 0.1) is 5.82 Å². The standard InChI is InChI=1S/C13H19FN2/c1-10(11-4-3-5-12(14)8-11)16-7-6-13(9-16)15-2/h3-5,8,10,13,15H,6-7,9H2,1-2H3. The third-order valence-electron chi connectivity index (χ3n) is 3.51. The highest BCUT2D eigenvalue weighted by Crippen LogP contribution is 2.24. The van der Waals surface area contributed by atoms with Crippen molar-refractivity contribution in [3.05, 3.63) is 35.6 Å². The molecule has 0 spiro atoms. The molecule has 0 aliphatic carbocycles. The van der Waals surface area contributed by atoms with Crippen LogP contribution in [0.15, 0.2) is 24.3 Å². The topological polar surface area (TPSA) is 15.3 Å². The molecular formula is C13H19FN2. The second kappa shape index (κ2) is 4.93. The van der Waals surface area contributed by atoms with Crippen LogP contribution in [0.4, 0.5) is 4.39 Å². The van der Waals surface area contributed by atoms with Crippen molar-refractivity contribution >= 4 is 0 Å². The van der Waals surface area contributed by atoms with Crippen molar-refractivity contribution in [2.24, 2.45) is 0 Å². The van der Waals surface area contributed by atoms with Crippen LogP contribution in [0.2, 0.25) is 0 Å². The molecule has 16 heavy (non-hydrogen) atoms. The molecule has 2 rings (SSSR count). The molecule has 0 radical (unpaired) electrons. The Bertz CT molecular complexity index is 354. The minimum Gasteiger partial charge on any atom is -0.316 e. The average Bonchev–Trinajstić information content (AvgIpc) is 2.76. The molecule has 1 saturated heterocycles. The van der Waals surface area contributed by atoms with Crippen molar-refractivity contribution in [2.45, 2.75) is 25.4 Å². The van der Waals surface area contributed by atoms with Crippen molar-refractivity contribution in [3.8, 4) is 0 Å². The quantitative estimate of drug-likeness (QED) is 0.843. The van der Waals surface area contributed by atoms with Crippen LogP contribution in [0.1, 0.15) is 24.9 Å². The fourth-order valence-corrected chi connectivity index (χ4v) is 2.35. The maximum absolute atomic E-state index is 13.1. The maximum atomic E-state index is 13.1. The summed E-state index contributed by atoms with van der Waals surface area (Å²) < 4.78 is 13.1. The van der Waals surface area contributed by atoms with E-state index in [0.29, 0.717) is 12.1 Å². The molecule has 2 atom stereocenters. The second-order valence-corrected chi connectivity index (χ2v) is 4.50. The number of halogens is 1. The lowest BCUT2D eigenvalue weighted by molar-refractivity contribution is 0.256. The van der Waals surface area contributed by atoms with E-state index in [0.717, 1.165) is 18.7 Å². The summed E-state index contributed by atoms with van der Waals surface area (Å²) in [6.45, 7) is 4.28. The van der Waals surface area contributed by atoms with E-state index >= 15 is 0 Å². The van der Waals surface area contributed by atoms with Gasteiger partial charge in [0.1, 0.15) is 5.82 Å². The van der Waals surface area contributed by atoms with Crippen LogP contribution in [0.3, 0.4) is 0 Å². The predicted molar refractivity (Wildman–Crippen MR) is 63.9 cm³/mol. The Kier molecular flexibility index (Phi) is 3.56. The van der Waals surface area contributed by atoms with E-state index in [2.05, 4.69) is 17.1 Å². The molecule has 1 aliphatic heterocycles. The van der Waals surface area contributed by atoms with E-state index in [1.807, 2.05) is 13.1 Å². The van der Waals surface area contributed by atoms with Gasteiger partial charge in [-0.25, -0.2) is 4.39 Å². The number of benzene rings is 1. The van der Waals surface area contributed by atoms with Gasteiger partial charge in [0.15, 0.2) is 0 Å². The fraction of sp³-hybridized carbons (Fsp3) is 0.538. The van der Waals surface area contributed by atoms with Crippen LogP contribution in [0.5, 0.6) is 0 Å². The van der Waals surface area contributed by atoms with Crippen LogP contribution >= 0.6 is 0 Å². The maximum Gasteiger partial charge on any atom is 0.123 e. The number of hydrogen-bond acceptors (Lipinski definition) is 2. The number of hydrogen-bond donors (Lipinski definition) is 1. The first-order valence-electron chi connectivity index (χ1n) is 5.87. The second-order valence-electron chi connectivity index (χ2n) is 4.50. The van der Waals surface area contributed by atoms with Crippen LogP contribution < -0.4 is 5.32 Å². The molecule has 1 aliphatic rings. The number of nitrogens with one attached hydrogen (secondary N) is 1. The van der Waals surface area contributed by atoms with Gasteiger partial charge < -0.3 is 5.32 Å². The van der Waals surface area contributed by atoms with E-state index in [1.165, 1.54) is 12.5 Å². The molecule has 0 aromatic heterocycles. The van der Waals surface area contributed by atoms with Gasteiger partial charge in [-0.2, -0.15) is 0 Å². The zero-order valence-electron chi connectivity index (χ0n) is 9.91. The summed E-state index contributed by atoms with van der Waals surface area (Å²) in [6, 6.07) is 7.80. The SMILES string of the molecule is CNC1CCN(C(C)c2cccc(F)c2)C1. The van der Waals surface area contributed by atoms with Gasteiger partial charge in [-0.3, -0.25) is 4.90 Å². The van der Waals surface area contributed by atoms with Gasteiger partial charge in [0.2, 0.25) is 0 Å². The zero-order valence-corrected chi connectivity index (χ0v) is 9.91. The lowest BCUT2D eigenvalue weighted by Gasteiger charge is -2.24. The molecule has 1 N–H and O–H groups in total. The Morgan fingerprint density at radius 3 is 2.94 bits per heavy atom. The van der Waals surface area contributed by atoms with Gasteiger partial charge in [0, 0.05) is 25.2 Å². The summed E-state index contributed by atoms with van der Waals surface area (Å²) in [5, 5.41) is 3.30. The molecule has 2 unspecified atom stereocenters. The summed E-state index contributed by atoms with van der Waals surface area (Å²) >= 11 is 0. The molecule has 1 heterocycles. The fourth-order valence-electron chi connectivity index (χ4n) is 2.35. The molecule has 2 nitrogen and oxygen atoms in total. The summed E-state index contributed by atoms with van der Waals surface area (Å²) in [7, 11) is 2.00. The average molecular weight is 222 g/mol. The lowest BCUT2D eigenvalue weighted by Crippen LogP contribution is -2.31. The van der Waals surface area contributed by atoms with Crippen LogP contribution in [-0.2, 0) is 0 Å². The van der Waals surface area contributed by atoms with Crippen molar-refractivity contribution < 1.29 is 4.39 Å². The monoisotopic (exact) mass is 222 g/mol. The van der Waals surface area contributed by atoms with E-state index < -0.39 is 0 Å². The Morgan fingerprint density at radius 1 is 1.50 bits per heavy atom. The van der Waals surface area contributed by atoms with E-state index in [1.54, 1.807) is 12.1 Å². The Balaban J connectivity index is 2.05. The summed E-state index contributed by atoms with van der Waals surface area (Å²) in [5.74, 6) is -0.145. The van der Waals surface area contributed by atoms with E-state index in [9.17, 15) is 4.39 Å². The molecule has 0 bridgehead atoms. The largest absolute Gasteiger partial charge is 0.316 e. The van der Waals surface area contributed by atoms with Gasteiger partial charge in [-0.1, -0.05) is 12.1 Å². The predicted octanol–water partition coefficient (Wildman–Crippen LogP) is 2.18. The normalized spacial score (nSPS) is 23.6. The molecule has 0 saturated carbocycles. The molecule has 88 valence electrons. The van der Waals surface area contributed by atoms with Crippen molar-refractivity contribution in [3.63, 3.8) is 0 Å². The number of rotatable bonds is 3. The number of likely N-dealkylation sites (N-methyl/N-ethyl adjacent to an activating group) is 1. The first-order valence-corrected chi connectivity index (χ1v) is 5.87. The van der Waals surface area contributed by atoms with Gasteiger partial charge >= 0.3 is 0 Å². The van der Waals surface area contributed by atoms with E-state index in [-0.39, 0.29) is 5.82 Å². The smallest absolute Gasteiger partial charge is 0.123 e. The summed E-state index contributed by atoms with van der Waals surface area (Å²) in [4.78, 5) is 2.40. The van der Waals surface area contributed by atoms with Crippen LogP contribution in [0.25, 0.3) is 0 Å². The highest BCUT2D eigenvalue weighted by molar-refractivity contribution is 5.20. The van der Waals surface area contributed by atoms with E-state index in [4.69, 9.17) is 0 Å². The zero-order chi connectivity index (χ0) is 11.5. The third-order valence-corrected chi connectivity index (χ3v) is 3.51. The molecule has 1 fully saturated rings. The van der Waals surface area contributed by atoms with Crippen LogP contribution in [-0.4, -0.2) is 31.1 Å².